The van der Waals surface area contributed by atoms with Crippen LogP contribution in [0.1, 0.15) is 20.3 Å². The summed E-state index contributed by atoms with van der Waals surface area (Å²) >= 11 is 5.06. The van der Waals surface area contributed by atoms with Gasteiger partial charge in [-0.15, -0.1) is 0 Å². The highest BCUT2D eigenvalue weighted by Gasteiger charge is 1.97. The van der Waals surface area contributed by atoms with E-state index in [9.17, 15) is 0 Å². The molecule has 10 heavy (non-hydrogen) atoms. The smallest absolute Gasteiger partial charge is 0.168 e. The number of nitrogens with zero attached hydrogens (tertiary/aromatic N) is 1. The number of thiocarbonyl (C=S) groups is 1. The van der Waals surface area contributed by atoms with Gasteiger partial charge in [-0.3, -0.25) is 0 Å². The van der Waals surface area contributed by atoms with E-state index in [4.69, 9.17) is 12.2 Å². The molecule has 0 saturated carbocycles. The van der Waals surface area contributed by atoms with Crippen LogP contribution in [0.3, 0.4) is 0 Å². The Labute approximate surface area is 68.6 Å². The topological polar surface area (TPSA) is 15.3 Å². The summed E-state index contributed by atoms with van der Waals surface area (Å²) < 4.78 is 0. The minimum absolute atomic E-state index is 0.851. The molecule has 2 nitrogen and oxygen atoms in total. The molecule has 0 bridgehead atoms. The Bertz CT molecular complexity index is 104. The monoisotopic (exact) mass is 160 g/mol. The number of nitrogens with one attached hydrogen (secondary N) is 1. The van der Waals surface area contributed by atoms with E-state index in [1.54, 1.807) is 0 Å². The molecule has 0 unspecified atom stereocenters. The number of hydrogen-bond acceptors (Lipinski definition) is 1. The maximum absolute atomic E-state index is 5.06. The zero-order chi connectivity index (χ0) is 7.98. The van der Waals surface area contributed by atoms with Gasteiger partial charge in [0, 0.05) is 20.1 Å². The lowest BCUT2D eigenvalue weighted by Crippen LogP contribution is -2.36. The van der Waals surface area contributed by atoms with E-state index in [1.807, 2.05) is 11.9 Å². The normalized spacial score (nSPS) is 9.10. The van der Waals surface area contributed by atoms with Crippen molar-refractivity contribution in [2.75, 3.05) is 20.1 Å². The van der Waals surface area contributed by atoms with Crippen LogP contribution < -0.4 is 5.32 Å². The molecule has 0 aliphatic carbocycles. The fourth-order valence-corrected chi connectivity index (χ4v) is 0.742. The summed E-state index contributed by atoms with van der Waals surface area (Å²) in [5.74, 6) is 0. The van der Waals surface area contributed by atoms with Gasteiger partial charge in [0.1, 0.15) is 0 Å². The highest BCUT2D eigenvalue weighted by Crippen LogP contribution is 1.83. The van der Waals surface area contributed by atoms with Crippen LogP contribution in [0, 0.1) is 0 Å². The lowest BCUT2D eigenvalue weighted by molar-refractivity contribution is 0.521. The number of hydrogen-bond donors (Lipinski definition) is 1. The molecule has 0 aliphatic heterocycles. The molecule has 0 rings (SSSR count). The van der Waals surface area contributed by atoms with Crippen LogP contribution in [0.4, 0.5) is 0 Å². The zero-order valence-electron chi connectivity index (χ0n) is 6.98. The molecule has 1 N–H and O–H groups in total. The molecule has 0 heterocycles. The summed E-state index contributed by atoms with van der Waals surface area (Å²) in [7, 11) is 1.99. The fraction of sp³-hybridized carbons (Fsp3) is 0.857. The Morgan fingerprint density at radius 2 is 2.10 bits per heavy atom. The van der Waals surface area contributed by atoms with E-state index in [0.717, 1.165) is 24.6 Å². The summed E-state index contributed by atoms with van der Waals surface area (Å²) in [6, 6.07) is 0. The van der Waals surface area contributed by atoms with Gasteiger partial charge in [0.15, 0.2) is 5.11 Å². The van der Waals surface area contributed by atoms with Gasteiger partial charge < -0.3 is 10.2 Å². The third-order valence-electron chi connectivity index (χ3n) is 1.35. The molecule has 3 heteroatoms. The third-order valence-corrected chi connectivity index (χ3v) is 1.80. The van der Waals surface area contributed by atoms with Crippen LogP contribution in [0.25, 0.3) is 0 Å². The fourth-order valence-electron chi connectivity index (χ4n) is 0.510. The van der Waals surface area contributed by atoms with Crippen LogP contribution in [0.5, 0.6) is 0 Å². The van der Waals surface area contributed by atoms with Crippen molar-refractivity contribution in [3.05, 3.63) is 0 Å². The highest BCUT2D eigenvalue weighted by molar-refractivity contribution is 7.80. The van der Waals surface area contributed by atoms with Crippen LogP contribution in [-0.2, 0) is 0 Å². The van der Waals surface area contributed by atoms with Gasteiger partial charge in [0.2, 0.25) is 0 Å². The van der Waals surface area contributed by atoms with Crippen LogP contribution >= 0.6 is 12.2 Å². The molecule has 0 fully saturated rings. The van der Waals surface area contributed by atoms with Crippen LogP contribution in [-0.4, -0.2) is 30.1 Å². The van der Waals surface area contributed by atoms with Gasteiger partial charge in [-0.2, -0.15) is 0 Å². The molecule has 0 aromatic carbocycles. The highest BCUT2D eigenvalue weighted by atomic mass is 32.1. The van der Waals surface area contributed by atoms with E-state index in [1.165, 1.54) is 0 Å². The van der Waals surface area contributed by atoms with Gasteiger partial charge in [-0.25, -0.2) is 0 Å². The lowest BCUT2D eigenvalue weighted by atomic mass is 10.5. The summed E-state index contributed by atoms with van der Waals surface area (Å²) in [4.78, 5) is 2.02. The predicted molar refractivity (Wildman–Crippen MR) is 49.2 cm³/mol. The molecule has 0 aromatic heterocycles. The molecule has 0 saturated heterocycles. The first kappa shape index (κ1) is 9.69. The van der Waals surface area contributed by atoms with Crippen molar-refractivity contribution in [1.82, 2.24) is 10.2 Å². The average Bonchev–Trinajstić information content (AvgIpc) is 1.98. The predicted octanol–water partition coefficient (Wildman–Crippen LogP) is 1.22. The van der Waals surface area contributed by atoms with Crippen molar-refractivity contribution in [1.29, 1.82) is 0 Å². The minimum Gasteiger partial charge on any atom is -0.363 e. The average molecular weight is 160 g/mol. The number of rotatable bonds is 3. The van der Waals surface area contributed by atoms with Gasteiger partial charge >= 0.3 is 0 Å². The van der Waals surface area contributed by atoms with Crippen molar-refractivity contribution in [3.63, 3.8) is 0 Å². The van der Waals surface area contributed by atoms with Crippen molar-refractivity contribution < 1.29 is 0 Å². The van der Waals surface area contributed by atoms with Crippen molar-refractivity contribution >= 4 is 17.3 Å². The molecule has 0 aromatic rings. The van der Waals surface area contributed by atoms with Crippen LogP contribution in [0.2, 0.25) is 0 Å². The second kappa shape index (κ2) is 5.47. The SMILES string of the molecule is CCCNC(=S)N(C)CC. The quantitative estimate of drug-likeness (QED) is 0.625. The third kappa shape index (κ3) is 3.67. The molecule has 0 atom stereocenters. The minimum atomic E-state index is 0.851. The van der Waals surface area contributed by atoms with Gasteiger partial charge in [0.05, 0.1) is 0 Å². The molecule has 0 amide bonds. The van der Waals surface area contributed by atoms with Gasteiger partial charge in [0.25, 0.3) is 0 Å². The van der Waals surface area contributed by atoms with Gasteiger partial charge in [-0.1, -0.05) is 6.92 Å². The Balaban J connectivity index is 3.42. The molecule has 60 valence electrons. The second-order valence-corrected chi connectivity index (χ2v) is 2.63. The molecule has 0 spiro atoms. The molecule has 0 aliphatic rings. The van der Waals surface area contributed by atoms with E-state index < -0.39 is 0 Å². The Hall–Kier alpha value is -0.310. The summed E-state index contributed by atoms with van der Waals surface area (Å²) in [6.45, 7) is 6.15. The van der Waals surface area contributed by atoms with E-state index in [-0.39, 0.29) is 0 Å². The van der Waals surface area contributed by atoms with Crippen LogP contribution in [0.15, 0.2) is 0 Å². The van der Waals surface area contributed by atoms with Crippen molar-refractivity contribution in [2.45, 2.75) is 20.3 Å². The Kier molecular flexibility index (Phi) is 5.30. The molecular weight excluding hydrogens is 144 g/mol. The van der Waals surface area contributed by atoms with Crippen molar-refractivity contribution in [2.24, 2.45) is 0 Å². The Morgan fingerprint density at radius 1 is 1.50 bits per heavy atom. The maximum atomic E-state index is 5.06. The van der Waals surface area contributed by atoms with E-state index >= 15 is 0 Å². The van der Waals surface area contributed by atoms with E-state index in [2.05, 4.69) is 19.2 Å². The summed E-state index contributed by atoms with van der Waals surface area (Å²) in [6.07, 6.45) is 1.12. The molecular formula is C7H16N2S. The zero-order valence-corrected chi connectivity index (χ0v) is 7.79. The summed E-state index contributed by atoms with van der Waals surface area (Å²) in [5.41, 5.74) is 0. The first-order chi connectivity index (χ1) is 4.72. The van der Waals surface area contributed by atoms with Gasteiger partial charge in [-0.05, 0) is 25.6 Å². The first-order valence-corrected chi connectivity index (χ1v) is 4.12. The second-order valence-electron chi connectivity index (χ2n) is 2.25. The summed E-state index contributed by atoms with van der Waals surface area (Å²) in [5, 5.41) is 3.99. The Morgan fingerprint density at radius 3 is 2.50 bits per heavy atom. The standard InChI is InChI=1S/C7H16N2S/c1-4-6-8-7(10)9(3)5-2/h4-6H2,1-3H3,(H,8,10). The van der Waals surface area contributed by atoms with E-state index in [0.29, 0.717) is 0 Å². The van der Waals surface area contributed by atoms with Crippen molar-refractivity contribution in [3.8, 4) is 0 Å². The largest absolute Gasteiger partial charge is 0.363 e. The first-order valence-electron chi connectivity index (χ1n) is 3.71. The molecule has 0 radical (unpaired) electrons. The lowest BCUT2D eigenvalue weighted by Gasteiger charge is -2.18. The maximum Gasteiger partial charge on any atom is 0.168 e.